The molecule has 0 unspecified atom stereocenters. The van der Waals surface area contributed by atoms with Crippen LogP contribution in [-0.4, -0.2) is 24.9 Å². The number of amides is 2. The molecular weight excluding hydrogens is 204 g/mol. The number of carbonyl (C=O) groups excluding carboxylic acids is 2. The van der Waals surface area contributed by atoms with Gasteiger partial charge >= 0.3 is 0 Å². The van der Waals surface area contributed by atoms with Crippen LogP contribution < -0.4 is 10.6 Å². The molecule has 16 heavy (non-hydrogen) atoms. The Bertz CT molecular complexity index is 248. The maximum atomic E-state index is 11.0. The summed E-state index contributed by atoms with van der Waals surface area (Å²) in [4.78, 5) is 22.0. The summed E-state index contributed by atoms with van der Waals surface area (Å²) in [5, 5.41) is 5.44. The highest BCUT2D eigenvalue weighted by Crippen LogP contribution is 2.08. The van der Waals surface area contributed by atoms with Crippen molar-refractivity contribution < 1.29 is 9.59 Å². The monoisotopic (exact) mass is 224 g/mol. The van der Waals surface area contributed by atoms with E-state index in [0.29, 0.717) is 19.0 Å². The standard InChI is InChI=1S/C12H20N2O2/c1-5-11(15)13-7-10(9(3)4)8-14-12(16)6-2/h5-6,9-10H,1-2,7-8H2,3-4H3,(H,13,15)(H,14,16). The Labute approximate surface area is 96.8 Å². The zero-order chi connectivity index (χ0) is 12.6. The molecule has 0 radical (unpaired) electrons. The van der Waals surface area contributed by atoms with E-state index in [-0.39, 0.29) is 17.7 Å². The molecule has 0 aliphatic rings. The molecule has 0 saturated carbocycles. The topological polar surface area (TPSA) is 58.2 Å². The molecule has 0 spiro atoms. The van der Waals surface area contributed by atoms with Gasteiger partial charge in [-0.3, -0.25) is 9.59 Å². The summed E-state index contributed by atoms with van der Waals surface area (Å²) in [5.41, 5.74) is 0. The fraction of sp³-hybridized carbons (Fsp3) is 0.500. The van der Waals surface area contributed by atoms with Crippen LogP contribution >= 0.6 is 0 Å². The molecule has 0 aromatic heterocycles. The average molecular weight is 224 g/mol. The zero-order valence-corrected chi connectivity index (χ0v) is 9.95. The molecule has 0 aromatic rings. The van der Waals surface area contributed by atoms with Gasteiger partial charge in [-0.1, -0.05) is 27.0 Å². The second-order valence-electron chi connectivity index (χ2n) is 3.90. The van der Waals surface area contributed by atoms with Gasteiger partial charge in [0.25, 0.3) is 0 Å². The largest absolute Gasteiger partial charge is 0.352 e. The van der Waals surface area contributed by atoms with Crippen LogP contribution in [0.25, 0.3) is 0 Å². The zero-order valence-electron chi connectivity index (χ0n) is 9.95. The maximum Gasteiger partial charge on any atom is 0.243 e. The smallest absolute Gasteiger partial charge is 0.243 e. The maximum absolute atomic E-state index is 11.0. The number of carbonyl (C=O) groups is 2. The van der Waals surface area contributed by atoms with Gasteiger partial charge in [0.15, 0.2) is 0 Å². The Kier molecular flexibility index (Phi) is 6.92. The minimum Gasteiger partial charge on any atom is -0.352 e. The number of hydrogen-bond donors (Lipinski definition) is 2. The molecule has 4 heteroatoms. The van der Waals surface area contributed by atoms with Crippen LogP contribution in [0.4, 0.5) is 0 Å². The number of nitrogens with one attached hydrogen (secondary N) is 2. The highest BCUT2D eigenvalue weighted by atomic mass is 16.2. The Morgan fingerprint density at radius 1 is 1.06 bits per heavy atom. The van der Waals surface area contributed by atoms with E-state index < -0.39 is 0 Å². The third-order valence-electron chi connectivity index (χ3n) is 2.39. The summed E-state index contributed by atoms with van der Waals surface area (Å²) in [5.74, 6) is 0.185. The molecule has 0 aliphatic heterocycles. The Balaban J connectivity index is 4.07. The lowest BCUT2D eigenvalue weighted by Crippen LogP contribution is -2.38. The van der Waals surface area contributed by atoms with Crippen molar-refractivity contribution >= 4 is 11.8 Å². The lowest BCUT2D eigenvalue weighted by molar-refractivity contribution is -0.116. The van der Waals surface area contributed by atoms with E-state index >= 15 is 0 Å². The Morgan fingerprint density at radius 2 is 1.44 bits per heavy atom. The van der Waals surface area contributed by atoms with E-state index in [2.05, 4.69) is 23.8 Å². The number of rotatable bonds is 7. The highest BCUT2D eigenvalue weighted by Gasteiger charge is 2.14. The molecule has 90 valence electrons. The molecule has 0 aliphatic carbocycles. The molecule has 0 atom stereocenters. The normalized spacial score (nSPS) is 10.0. The fourth-order valence-corrected chi connectivity index (χ4v) is 1.15. The summed E-state index contributed by atoms with van der Waals surface area (Å²) >= 11 is 0. The van der Waals surface area contributed by atoms with Crippen molar-refractivity contribution in [3.63, 3.8) is 0 Å². The molecule has 2 N–H and O–H groups in total. The molecule has 0 saturated heterocycles. The second kappa shape index (κ2) is 7.68. The first-order valence-electron chi connectivity index (χ1n) is 5.31. The van der Waals surface area contributed by atoms with Crippen LogP contribution in [0.2, 0.25) is 0 Å². The van der Waals surface area contributed by atoms with Crippen molar-refractivity contribution in [2.75, 3.05) is 13.1 Å². The van der Waals surface area contributed by atoms with Crippen molar-refractivity contribution in [3.8, 4) is 0 Å². The quantitative estimate of drug-likeness (QED) is 0.630. The Hall–Kier alpha value is -1.58. The predicted molar refractivity (Wildman–Crippen MR) is 64.7 cm³/mol. The third kappa shape index (κ3) is 6.01. The Morgan fingerprint density at radius 3 is 1.69 bits per heavy atom. The van der Waals surface area contributed by atoms with E-state index in [1.807, 2.05) is 13.8 Å². The first kappa shape index (κ1) is 14.4. The SMILES string of the molecule is C=CC(=O)NCC(CNC(=O)C=C)C(C)C. The van der Waals surface area contributed by atoms with E-state index in [1.165, 1.54) is 12.2 Å². The van der Waals surface area contributed by atoms with Crippen LogP contribution in [-0.2, 0) is 9.59 Å². The summed E-state index contributed by atoms with van der Waals surface area (Å²) < 4.78 is 0. The van der Waals surface area contributed by atoms with Crippen LogP contribution in [0.5, 0.6) is 0 Å². The van der Waals surface area contributed by atoms with Gasteiger partial charge in [0, 0.05) is 13.1 Å². The van der Waals surface area contributed by atoms with E-state index in [9.17, 15) is 9.59 Å². The first-order valence-corrected chi connectivity index (χ1v) is 5.31. The fourth-order valence-electron chi connectivity index (χ4n) is 1.15. The minimum atomic E-state index is -0.194. The lowest BCUT2D eigenvalue weighted by atomic mass is 9.95. The molecule has 0 aromatic carbocycles. The summed E-state index contributed by atoms with van der Waals surface area (Å²) in [7, 11) is 0. The van der Waals surface area contributed by atoms with Gasteiger partial charge in [0.1, 0.15) is 0 Å². The lowest BCUT2D eigenvalue weighted by Gasteiger charge is -2.21. The van der Waals surface area contributed by atoms with Crippen molar-refractivity contribution in [1.29, 1.82) is 0 Å². The van der Waals surface area contributed by atoms with E-state index in [4.69, 9.17) is 0 Å². The molecule has 0 fully saturated rings. The van der Waals surface area contributed by atoms with E-state index in [1.54, 1.807) is 0 Å². The van der Waals surface area contributed by atoms with Gasteiger partial charge in [0.05, 0.1) is 0 Å². The van der Waals surface area contributed by atoms with Crippen molar-refractivity contribution in [3.05, 3.63) is 25.3 Å². The summed E-state index contributed by atoms with van der Waals surface area (Å²) in [6.07, 6.45) is 2.47. The molecule has 0 rings (SSSR count). The molecule has 0 heterocycles. The van der Waals surface area contributed by atoms with Gasteiger partial charge < -0.3 is 10.6 Å². The van der Waals surface area contributed by atoms with Gasteiger partial charge in [-0.25, -0.2) is 0 Å². The van der Waals surface area contributed by atoms with Crippen LogP contribution in [0.3, 0.4) is 0 Å². The van der Waals surface area contributed by atoms with Crippen LogP contribution in [0.15, 0.2) is 25.3 Å². The molecular formula is C12H20N2O2. The third-order valence-corrected chi connectivity index (χ3v) is 2.39. The minimum absolute atomic E-state index is 0.194. The molecule has 0 bridgehead atoms. The predicted octanol–water partition coefficient (Wildman–Crippen LogP) is 0.863. The highest BCUT2D eigenvalue weighted by molar-refractivity contribution is 5.87. The van der Waals surface area contributed by atoms with Gasteiger partial charge in [0.2, 0.25) is 11.8 Å². The first-order chi connectivity index (χ1) is 7.51. The number of hydrogen-bond acceptors (Lipinski definition) is 2. The van der Waals surface area contributed by atoms with Gasteiger partial charge in [-0.15, -0.1) is 0 Å². The van der Waals surface area contributed by atoms with Crippen molar-refractivity contribution in [1.82, 2.24) is 10.6 Å². The van der Waals surface area contributed by atoms with Crippen LogP contribution in [0.1, 0.15) is 13.8 Å². The van der Waals surface area contributed by atoms with Crippen molar-refractivity contribution in [2.24, 2.45) is 11.8 Å². The van der Waals surface area contributed by atoms with Gasteiger partial charge in [-0.05, 0) is 24.0 Å². The summed E-state index contributed by atoms with van der Waals surface area (Å²) in [6, 6.07) is 0. The summed E-state index contributed by atoms with van der Waals surface area (Å²) in [6.45, 7) is 11.9. The second-order valence-corrected chi connectivity index (χ2v) is 3.90. The van der Waals surface area contributed by atoms with Crippen molar-refractivity contribution in [2.45, 2.75) is 13.8 Å². The average Bonchev–Trinajstić information content (AvgIpc) is 2.27. The van der Waals surface area contributed by atoms with Gasteiger partial charge in [-0.2, -0.15) is 0 Å². The molecule has 2 amide bonds. The van der Waals surface area contributed by atoms with E-state index in [0.717, 1.165) is 0 Å². The van der Waals surface area contributed by atoms with Crippen LogP contribution in [0, 0.1) is 11.8 Å². The molecule has 4 nitrogen and oxygen atoms in total.